The zero-order valence-corrected chi connectivity index (χ0v) is 19.3. The van der Waals surface area contributed by atoms with E-state index in [1.54, 1.807) is 11.3 Å². The van der Waals surface area contributed by atoms with Crippen LogP contribution in [0.5, 0.6) is 5.75 Å². The van der Waals surface area contributed by atoms with Gasteiger partial charge in [-0.15, -0.1) is 11.3 Å². The maximum absolute atomic E-state index is 13.1. The molecule has 2 atom stereocenters. The molecule has 1 fully saturated rings. The highest BCUT2D eigenvalue weighted by Crippen LogP contribution is 2.71. The molecule has 29 heavy (non-hydrogen) atoms. The van der Waals surface area contributed by atoms with E-state index in [4.69, 9.17) is 9.84 Å². The number of carbonyl (C=O) groups excluding carboxylic acids is 1. The maximum atomic E-state index is 13.1. The van der Waals surface area contributed by atoms with Gasteiger partial charge in [-0.3, -0.25) is 4.79 Å². The number of ether oxygens (including phenoxy) is 1. The van der Waals surface area contributed by atoms with E-state index in [1.165, 1.54) is 27.1 Å². The largest absolute Gasteiger partial charge is 0.491 e. The molecule has 1 heterocycles. The average Bonchev–Trinajstić information content (AvgIpc) is 3.01. The number of benzene rings is 1. The SMILES string of the molecule is Cc1cc(CCC(=O)c2sc(C)c3c2C[C@@H]2[C@H]3C2(C)C)c(C)c(C)c1OCCO. The maximum Gasteiger partial charge on any atom is 0.173 e. The fraction of sp³-hybridized carbons (Fsp3) is 0.560. The third-order valence-corrected chi connectivity index (χ3v) is 8.57. The van der Waals surface area contributed by atoms with Gasteiger partial charge in [-0.05, 0) is 91.2 Å². The van der Waals surface area contributed by atoms with Crippen LogP contribution >= 0.6 is 11.3 Å². The molecule has 4 rings (SSSR count). The summed E-state index contributed by atoms with van der Waals surface area (Å²) in [6.45, 7) is 13.4. The van der Waals surface area contributed by atoms with Crippen molar-refractivity contribution in [3.8, 4) is 5.75 Å². The number of carbonyl (C=O) groups is 1. The predicted molar refractivity (Wildman–Crippen MR) is 119 cm³/mol. The lowest BCUT2D eigenvalue weighted by molar-refractivity contribution is 0.0985. The van der Waals surface area contributed by atoms with Gasteiger partial charge in [0.2, 0.25) is 0 Å². The van der Waals surface area contributed by atoms with Crippen LogP contribution in [-0.4, -0.2) is 24.1 Å². The standard InChI is InChI=1S/C25H32O3S/c1-13-11-17(14(2)15(3)23(13)28-10-9-26)7-8-20(27)24-18-12-19-22(25(19,5)6)21(18)16(4)29-24/h11,19,22,26H,7-10,12H2,1-6H3/t19-,22-/m1/s1. The monoisotopic (exact) mass is 412 g/mol. The first-order chi connectivity index (χ1) is 13.7. The van der Waals surface area contributed by atoms with E-state index >= 15 is 0 Å². The molecule has 4 heteroatoms. The van der Waals surface area contributed by atoms with Crippen LogP contribution in [-0.2, 0) is 12.8 Å². The van der Waals surface area contributed by atoms with Gasteiger partial charge >= 0.3 is 0 Å². The number of hydrogen-bond donors (Lipinski definition) is 1. The Hall–Kier alpha value is -1.65. The van der Waals surface area contributed by atoms with Crippen LogP contribution in [0.15, 0.2) is 6.07 Å². The second kappa shape index (κ2) is 7.24. The number of ketones is 1. The van der Waals surface area contributed by atoms with Gasteiger partial charge in [0.15, 0.2) is 5.78 Å². The molecule has 0 unspecified atom stereocenters. The molecule has 0 saturated heterocycles. The Morgan fingerprint density at radius 2 is 1.97 bits per heavy atom. The Morgan fingerprint density at radius 3 is 2.66 bits per heavy atom. The normalized spacial score (nSPS) is 21.1. The van der Waals surface area contributed by atoms with Gasteiger partial charge < -0.3 is 9.84 Å². The minimum atomic E-state index is 0.0115. The highest BCUT2D eigenvalue weighted by Gasteiger charge is 2.63. The summed E-state index contributed by atoms with van der Waals surface area (Å²) < 4.78 is 5.72. The number of Topliss-reactive ketones (excluding diaryl/α,β-unsaturated/α-hetero) is 1. The molecule has 1 aromatic carbocycles. The molecule has 0 amide bonds. The van der Waals surface area contributed by atoms with E-state index in [0.29, 0.717) is 30.1 Å². The summed E-state index contributed by atoms with van der Waals surface area (Å²) in [7, 11) is 0. The summed E-state index contributed by atoms with van der Waals surface area (Å²) in [6, 6.07) is 2.14. The van der Waals surface area contributed by atoms with Crippen molar-refractivity contribution in [2.75, 3.05) is 13.2 Å². The molecule has 2 aliphatic carbocycles. The lowest BCUT2D eigenvalue weighted by Crippen LogP contribution is -2.08. The van der Waals surface area contributed by atoms with Crippen molar-refractivity contribution in [2.45, 2.75) is 66.7 Å². The van der Waals surface area contributed by atoms with Gasteiger partial charge in [-0.25, -0.2) is 0 Å². The van der Waals surface area contributed by atoms with Crippen LogP contribution in [0.3, 0.4) is 0 Å². The number of fused-ring (bicyclic) bond motifs is 3. The summed E-state index contributed by atoms with van der Waals surface area (Å²) in [5.41, 5.74) is 7.87. The van der Waals surface area contributed by atoms with Gasteiger partial charge in [-0.1, -0.05) is 19.9 Å². The third kappa shape index (κ3) is 3.25. The van der Waals surface area contributed by atoms with Gasteiger partial charge in [0.1, 0.15) is 12.4 Å². The van der Waals surface area contributed by atoms with E-state index in [2.05, 4.69) is 40.7 Å². The van der Waals surface area contributed by atoms with Crippen molar-refractivity contribution in [3.05, 3.63) is 49.2 Å². The first-order valence-electron chi connectivity index (χ1n) is 10.7. The van der Waals surface area contributed by atoms with E-state index in [-0.39, 0.29) is 6.61 Å². The second-order valence-electron chi connectivity index (χ2n) is 9.42. The zero-order chi connectivity index (χ0) is 21.1. The van der Waals surface area contributed by atoms with E-state index < -0.39 is 0 Å². The van der Waals surface area contributed by atoms with Crippen molar-refractivity contribution in [1.82, 2.24) is 0 Å². The highest BCUT2D eigenvalue weighted by atomic mass is 32.1. The molecule has 0 aliphatic heterocycles. The Labute approximate surface area is 178 Å². The van der Waals surface area contributed by atoms with Crippen molar-refractivity contribution in [3.63, 3.8) is 0 Å². The third-order valence-electron chi connectivity index (χ3n) is 7.37. The molecular weight excluding hydrogens is 380 g/mol. The fourth-order valence-electron chi connectivity index (χ4n) is 5.49. The Balaban J connectivity index is 1.51. The van der Waals surface area contributed by atoms with Crippen molar-refractivity contribution >= 4 is 17.1 Å². The topological polar surface area (TPSA) is 46.5 Å². The smallest absolute Gasteiger partial charge is 0.173 e. The fourth-order valence-corrected chi connectivity index (χ4v) is 6.69. The summed E-state index contributed by atoms with van der Waals surface area (Å²) in [6.07, 6.45) is 2.41. The summed E-state index contributed by atoms with van der Waals surface area (Å²) >= 11 is 1.72. The van der Waals surface area contributed by atoms with E-state index in [9.17, 15) is 4.79 Å². The molecule has 0 spiro atoms. The van der Waals surface area contributed by atoms with Crippen LogP contribution in [0.4, 0.5) is 0 Å². The van der Waals surface area contributed by atoms with Gasteiger partial charge in [0.05, 0.1) is 11.5 Å². The first kappa shape index (κ1) is 20.6. The lowest BCUT2D eigenvalue weighted by Gasteiger charge is -2.17. The van der Waals surface area contributed by atoms with Crippen molar-refractivity contribution in [2.24, 2.45) is 11.3 Å². The summed E-state index contributed by atoms with van der Waals surface area (Å²) in [5, 5.41) is 9.04. The van der Waals surface area contributed by atoms with Crippen LogP contribution in [0, 0.1) is 39.0 Å². The zero-order valence-electron chi connectivity index (χ0n) is 18.4. The predicted octanol–water partition coefficient (Wildman–Crippen LogP) is 5.46. The number of rotatable bonds is 7. The Morgan fingerprint density at radius 1 is 1.24 bits per heavy atom. The average molecular weight is 413 g/mol. The lowest BCUT2D eigenvalue weighted by atomic mass is 9.92. The Kier molecular flexibility index (Phi) is 5.15. The van der Waals surface area contributed by atoms with E-state index in [0.717, 1.165) is 40.5 Å². The molecule has 3 nitrogen and oxygen atoms in total. The molecule has 0 bridgehead atoms. The number of aryl methyl sites for hydroxylation is 3. The molecule has 2 aliphatic rings. The van der Waals surface area contributed by atoms with Crippen LogP contribution in [0.25, 0.3) is 0 Å². The van der Waals surface area contributed by atoms with Crippen LogP contribution in [0.1, 0.15) is 74.1 Å². The minimum Gasteiger partial charge on any atom is -0.491 e. The molecule has 1 saturated carbocycles. The van der Waals surface area contributed by atoms with E-state index in [1.807, 2.05) is 6.92 Å². The molecule has 1 N–H and O–H groups in total. The number of hydrogen-bond acceptors (Lipinski definition) is 4. The summed E-state index contributed by atoms with van der Waals surface area (Å²) in [4.78, 5) is 15.5. The molecule has 1 aromatic heterocycles. The van der Waals surface area contributed by atoms with Crippen LogP contribution < -0.4 is 4.74 Å². The number of thiophene rings is 1. The molecular formula is C25H32O3S. The van der Waals surface area contributed by atoms with Gasteiger partial charge in [-0.2, -0.15) is 0 Å². The summed E-state index contributed by atoms with van der Waals surface area (Å²) in [5.74, 6) is 2.58. The molecule has 156 valence electrons. The number of aliphatic hydroxyl groups excluding tert-OH is 1. The molecule has 0 radical (unpaired) electrons. The first-order valence-corrected chi connectivity index (χ1v) is 11.5. The van der Waals surface area contributed by atoms with Crippen molar-refractivity contribution in [1.29, 1.82) is 0 Å². The molecule has 2 aromatic rings. The highest BCUT2D eigenvalue weighted by molar-refractivity contribution is 7.14. The minimum absolute atomic E-state index is 0.0115. The van der Waals surface area contributed by atoms with Crippen molar-refractivity contribution < 1.29 is 14.6 Å². The van der Waals surface area contributed by atoms with Crippen LogP contribution in [0.2, 0.25) is 0 Å². The van der Waals surface area contributed by atoms with Gasteiger partial charge in [0, 0.05) is 11.3 Å². The Bertz CT molecular complexity index is 983. The quantitative estimate of drug-likeness (QED) is 0.614. The number of aliphatic hydroxyl groups is 1. The second-order valence-corrected chi connectivity index (χ2v) is 10.6. The van der Waals surface area contributed by atoms with Gasteiger partial charge in [0.25, 0.3) is 0 Å².